The molecule has 0 aliphatic heterocycles. The van der Waals surface area contributed by atoms with Gasteiger partial charge >= 0.3 is 0 Å². The summed E-state index contributed by atoms with van der Waals surface area (Å²) in [6.45, 7) is 11.0. The lowest BCUT2D eigenvalue weighted by Gasteiger charge is -2.32. The summed E-state index contributed by atoms with van der Waals surface area (Å²) in [6.07, 6.45) is 1.23. The Kier molecular flexibility index (Phi) is 5.93. The highest BCUT2D eigenvalue weighted by molar-refractivity contribution is 6.62. The lowest BCUT2D eigenvalue weighted by atomic mass is 9.35. The van der Waals surface area contributed by atoms with Crippen molar-refractivity contribution in [2.45, 2.75) is 57.8 Å². The molecule has 2 radical (unpaired) electrons. The number of hydrogen-bond acceptors (Lipinski definition) is 3. The highest BCUT2D eigenvalue weighted by Gasteiger charge is 2.30. The molecule has 86 valence electrons. The predicted octanol–water partition coefficient (Wildman–Crippen LogP) is 0.915. The summed E-state index contributed by atoms with van der Waals surface area (Å²) in [4.78, 5) is 0. The van der Waals surface area contributed by atoms with Crippen LogP contribution in [0.5, 0.6) is 0 Å². The minimum Gasteiger partial charge on any atom is -0.379 e. The van der Waals surface area contributed by atoms with Gasteiger partial charge in [0.25, 0.3) is 0 Å². The molecule has 15 heavy (non-hydrogen) atoms. The van der Waals surface area contributed by atoms with Gasteiger partial charge in [-0.05, 0) is 25.6 Å². The van der Waals surface area contributed by atoms with Crippen LogP contribution in [0.25, 0.3) is 0 Å². The Hall–Kier alpha value is 0.00987. The molecular formula is C10H24B2N2O. The zero-order chi connectivity index (χ0) is 12.1. The number of rotatable bonds is 7. The Morgan fingerprint density at radius 3 is 2.20 bits per heavy atom. The summed E-state index contributed by atoms with van der Waals surface area (Å²) < 4.78 is 5.52. The van der Waals surface area contributed by atoms with E-state index in [1.165, 1.54) is 7.41 Å². The molecule has 3 nitrogen and oxygen atoms in total. The molecule has 0 aromatic carbocycles. The van der Waals surface area contributed by atoms with E-state index < -0.39 is 5.34 Å². The second-order valence-electron chi connectivity index (χ2n) is 5.34. The van der Waals surface area contributed by atoms with Crippen molar-refractivity contribution in [3.63, 3.8) is 0 Å². The lowest BCUT2D eigenvalue weighted by Crippen LogP contribution is -2.55. The topological polar surface area (TPSA) is 61.3 Å². The van der Waals surface area contributed by atoms with E-state index in [9.17, 15) is 0 Å². The van der Waals surface area contributed by atoms with Gasteiger partial charge in [0.1, 0.15) is 7.28 Å². The molecule has 0 heterocycles. The van der Waals surface area contributed by atoms with Crippen molar-refractivity contribution >= 4 is 14.7 Å². The van der Waals surface area contributed by atoms with Crippen molar-refractivity contribution in [3.05, 3.63) is 0 Å². The molecule has 0 aromatic heterocycles. The van der Waals surface area contributed by atoms with E-state index in [2.05, 4.69) is 21.1 Å². The minimum atomic E-state index is -0.513. The molecule has 5 heteroatoms. The summed E-state index contributed by atoms with van der Waals surface area (Å²) in [5.41, 5.74) is 11.4. The first-order chi connectivity index (χ1) is 6.68. The highest BCUT2D eigenvalue weighted by Crippen LogP contribution is 2.30. The third-order valence-corrected chi connectivity index (χ3v) is 2.26. The monoisotopic (exact) mass is 210 g/mol. The maximum absolute atomic E-state index is 5.96. The molecule has 1 atom stereocenters. The van der Waals surface area contributed by atoms with E-state index in [-0.39, 0.29) is 11.4 Å². The van der Waals surface area contributed by atoms with Gasteiger partial charge in [0.2, 0.25) is 7.41 Å². The Morgan fingerprint density at radius 1 is 1.27 bits per heavy atom. The van der Waals surface area contributed by atoms with E-state index >= 15 is 0 Å². The standard InChI is InChI=1S/C10H24B2N2O/c1-8(2)15-7-6-9(3,4)11-10(5,13)12-14/h8H,6-7,13-14H2,1-5H3. The van der Waals surface area contributed by atoms with Crippen molar-refractivity contribution in [1.82, 2.24) is 0 Å². The van der Waals surface area contributed by atoms with E-state index in [4.69, 9.17) is 16.1 Å². The molecule has 0 amide bonds. The Morgan fingerprint density at radius 2 is 1.80 bits per heavy atom. The van der Waals surface area contributed by atoms with E-state index in [1.807, 2.05) is 20.8 Å². The molecule has 0 rings (SSSR count). The smallest absolute Gasteiger partial charge is 0.215 e. The van der Waals surface area contributed by atoms with Crippen LogP contribution in [0.2, 0.25) is 5.31 Å². The number of nitrogens with two attached hydrogens (primary N) is 2. The molecule has 0 fully saturated rings. The van der Waals surface area contributed by atoms with Crippen molar-refractivity contribution in [1.29, 1.82) is 0 Å². The summed E-state index contributed by atoms with van der Waals surface area (Å²) in [7, 11) is 3.60. The second kappa shape index (κ2) is 5.92. The fourth-order valence-electron chi connectivity index (χ4n) is 1.52. The summed E-state index contributed by atoms with van der Waals surface area (Å²) in [6, 6.07) is 0. The van der Waals surface area contributed by atoms with Crippen LogP contribution in [-0.4, -0.2) is 32.7 Å². The third kappa shape index (κ3) is 7.88. The van der Waals surface area contributed by atoms with Gasteiger partial charge in [-0.1, -0.05) is 26.1 Å². The largest absolute Gasteiger partial charge is 0.379 e. The molecule has 0 bridgehead atoms. The number of ether oxygens (including phenoxy) is 1. The molecule has 0 saturated heterocycles. The fourth-order valence-corrected chi connectivity index (χ4v) is 1.52. The Balaban J connectivity index is 3.96. The second-order valence-corrected chi connectivity index (χ2v) is 5.34. The van der Waals surface area contributed by atoms with Crippen molar-refractivity contribution in [2.24, 2.45) is 11.4 Å². The van der Waals surface area contributed by atoms with Gasteiger partial charge in [0.05, 0.1) is 6.10 Å². The quantitative estimate of drug-likeness (QED) is 0.614. The minimum absolute atomic E-state index is 0.0360. The van der Waals surface area contributed by atoms with E-state index in [0.717, 1.165) is 13.0 Å². The van der Waals surface area contributed by atoms with Crippen molar-refractivity contribution < 1.29 is 4.74 Å². The maximum atomic E-state index is 5.96. The van der Waals surface area contributed by atoms with E-state index in [1.54, 1.807) is 0 Å². The lowest BCUT2D eigenvalue weighted by molar-refractivity contribution is 0.0720. The molecular weight excluding hydrogens is 186 g/mol. The zero-order valence-corrected chi connectivity index (χ0v) is 10.7. The molecule has 0 spiro atoms. The zero-order valence-electron chi connectivity index (χ0n) is 10.7. The van der Waals surface area contributed by atoms with Crippen molar-refractivity contribution in [2.75, 3.05) is 6.61 Å². The van der Waals surface area contributed by atoms with Crippen LogP contribution in [0.4, 0.5) is 0 Å². The summed E-state index contributed by atoms with van der Waals surface area (Å²) in [5.74, 6) is 0. The molecule has 0 aromatic rings. The van der Waals surface area contributed by atoms with Gasteiger partial charge in [-0.15, -0.1) is 0 Å². The fraction of sp³-hybridized carbons (Fsp3) is 1.00. The van der Waals surface area contributed by atoms with Gasteiger partial charge in [0.15, 0.2) is 0 Å². The first-order valence-electron chi connectivity index (χ1n) is 5.52. The third-order valence-electron chi connectivity index (χ3n) is 2.26. The van der Waals surface area contributed by atoms with Crippen LogP contribution in [0.1, 0.15) is 41.0 Å². The van der Waals surface area contributed by atoms with Crippen LogP contribution in [0.15, 0.2) is 0 Å². The average molecular weight is 210 g/mol. The Bertz CT molecular complexity index is 184. The van der Waals surface area contributed by atoms with Crippen LogP contribution in [-0.2, 0) is 4.74 Å². The molecule has 4 N–H and O–H groups in total. The predicted molar refractivity (Wildman–Crippen MR) is 68.0 cm³/mol. The summed E-state index contributed by atoms with van der Waals surface area (Å²) in [5, 5.41) is -0.477. The first kappa shape index (κ1) is 15.0. The van der Waals surface area contributed by atoms with Crippen LogP contribution < -0.4 is 11.4 Å². The van der Waals surface area contributed by atoms with Gasteiger partial charge < -0.3 is 16.1 Å². The molecule has 0 aliphatic carbocycles. The molecule has 1 unspecified atom stereocenters. The number of hydrogen-bond donors (Lipinski definition) is 2. The normalized spacial score (nSPS) is 16.3. The van der Waals surface area contributed by atoms with Crippen LogP contribution >= 0.6 is 0 Å². The van der Waals surface area contributed by atoms with E-state index in [0.29, 0.717) is 0 Å². The highest BCUT2D eigenvalue weighted by atomic mass is 16.5. The summed E-state index contributed by atoms with van der Waals surface area (Å²) >= 11 is 0. The molecule has 0 saturated carbocycles. The maximum Gasteiger partial charge on any atom is 0.215 e. The van der Waals surface area contributed by atoms with Gasteiger partial charge in [-0.25, -0.2) is 0 Å². The average Bonchev–Trinajstić information content (AvgIpc) is 2.01. The van der Waals surface area contributed by atoms with Crippen LogP contribution in [0.3, 0.4) is 0 Å². The Labute approximate surface area is 95.8 Å². The first-order valence-corrected chi connectivity index (χ1v) is 5.52. The van der Waals surface area contributed by atoms with Crippen LogP contribution in [0, 0.1) is 0 Å². The molecule has 0 aliphatic rings. The van der Waals surface area contributed by atoms with Crippen molar-refractivity contribution in [3.8, 4) is 0 Å². The SMILES string of the molecule is CC(C)OCCC(C)(C)[B]C(C)(N)[B]N. The van der Waals surface area contributed by atoms with Gasteiger partial charge in [0, 0.05) is 6.61 Å². The van der Waals surface area contributed by atoms with Gasteiger partial charge in [-0.2, -0.15) is 0 Å². The van der Waals surface area contributed by atoms with Gasteiger partial charge in [-0.3, -0.25) is 0 Å².